The van der Waals surface area contributed by atoms with E-state index in [1.54, 1.807) is 0 Å². The predicted molar refractivity (Wildman–Crippen MR) is 114 cm³/mol. The van der Waals surface area contributed by atoms with E-state index >= 15 is 0 Å². The van der Waals surface area contributed by atoms with Crippen LogP contribution in [0.2, 0.25) is 0 Å². The largest absolute Gasteiger partial charge is 0.444 e. The molecule has 1 aliphatic heterocycles. The fourth-order valence-corrected chi connectivity index (χ4v) is 3.28. The number of nitrogens with zero attached hydrogens (tertiary/aromatic N) is 1. The van der Waals surface area contributed by atoms with Gasteiger partial charge in [-0.1, -0.05) is 12.1 Å². The summed E-state index contributed by atoms with van der Waals surface area (Å²) in [4.78, 5) is 14.1. The van der Waals surface area contributed by atoms with E-state index in [-0.39, 0.29) is 12.0 Å². The molecule has 1 heterocycles. The number of hydrogen-bond donors (Lipinski definition) is 3. The zero-order valence-electron chi connectivity index (χ0n) is 17.2. The number of halogens is 1. The molecule has 1 aromatic rings. The number of rotatable bonds is 8. The Morgan fingerprint density at radius 3 is 2.71 bits per heavy atom. The summed E-state index contributed by atoms with van der Waals surface area (Å²) in [6.07, 6.45) is 1.39. The lowest BCUT2D eigenvalue weighted by atomic mass is 9.98. The lowest BCUT2D eigenvalue weighted by molar-refractivity contribution is 0.0166. The minimum Gasteiger partial charge on any atom is -0.444 e. The zero-order valence-corrected chi connectivity index (χ0v) is 18.0. The number of ether oxygens (including phenoxy) is 1. The molecule has 2 unspecified atom stereocenters. The van der Waals surface area contributed by atoms with Crippen molar-refractivity contribution in [2.24, 2.45) is 5.92 Å². The molecule has 2 rings (SSSR count). The van der Waals surface area contributed by atoms with Crippen molar-refractivity contribution in [2.45, 2.75) is 51.9 Å². The number of benzene rings is 1. The van der Waals surface area contributed by atoms with Crippen molar-refractivity contribution in [1.29, 1.82) is 0 Å². The summed E-state index contributed by atoms with van der Waals surface area (Å²) in [7, 11) is 0. The SMILES string of the molecule is CC(C)(C)OC(=O)N1CCCC(CNCc2ccc(NCC(O)CCl)cc2)C1. The maximum Gasteiger partial charge on any atom is 0.410 e. The molecule has 1 fully saturated rings. The molecule has 1 amide bonds. The Morgan fingerprint density at radius 2 is 2.07 bits per heavy atom. The van der Waals surface area contributed by atoms with Gasteiger partial charge < -0.3 is 25.4 Å². The van der Waals surface area contributed by atoms with E-state index in [1.165, 1.54) is 5.56 Å². The summed E-state index contributed by atoms with van der Waals surface area (Å²) in [5.41, 5.74) is 1.71. The number of alkyl halides is 1. The molecule has 0 spiro atoms. The highest BCUT2D eigenvalue weighted by atomic mass is 35.5. The van der Waals surface area contributed by atoms with Crippen molar-refractivity contribution in [3.63, 3.8) is 0 Å². The number of carbonyl (C=O) groups excluding carboxylic acids is 1. The first kappa shape index (κ1) is 22.8. The Hall–Kier alpha value is -1.50. The first-order valence-corrected chi connectivity index (χ1v) is 10.6. The van der Waals surface area contributed by atoms with Gasteiger partial charge in [0.1, 0.15) is 5.60 Å². The second-order valence-electron chi connectivity index (χ2n) is 8.45. The number of piperidine rings is 1. The van der Waals surface area contributed by atoms with E-state index in [0.29, 0.717) is 12.5 Å². The smallest absolute Gasteiger partial charge is 0.410 e. The van der Waals surface area contributed by atoms with Gasteiger partial charge in [0.25, 0.3) is 0 Å². The highest BCUT2D eigenvalue weighted by Crippen LogP contribution is 2.19. The topological polar surface area (TPSA) is 73.8 Å². The van der Waals surface area contributed by atoms with E-state index in [2.05, 4.69) is 22.8 Å². The van der Waals surface area contributed by atoms with E-state index in [9.17, 15) is 9.90 Å². The summed E-state index contributed by atoms with van der Waals surface area (Å²) in [6, 6.07) is 8.14. The average Bonchev–Trinajstić information content (AvgIpc) is 2.66. The van der Waals surface area contributed by atoms with Gasteiger partial charge in [-0.2, -0.15) is 0 Å². The van der Waals surface area contributed by atoms with Crippen molar-refractivity contribution in [3.05, 3.63) is 29.8 Å². The number of carbonyl (C=O) groups is 1. The van der Waals surface area contributed by atoms with Crippen LogP contribution in [0.3, 0.4) is 0 Å². The van der Waals surface area contributed by atoms with Crippen molar-refractivity contribution in [3.8, 4) is 0 Å². The minimum absolute atomic E-state index is 0.209. The molecule has 6 nitrogen and oxygen atoms in total. The Kier molecular flexibility index (Phi) is 8.86. The first-order valence-electron chi connectivity index (χ1n) is 10.0. The Morgan fingerprint density at radius 1 is 1.36 bits per heavy atom. The van der Waals surface area contributed by atoms with Gasteiger partial charge in [-0.25, -0.2) is 4.79 Å². The van der Waals surface area contributed by atoms with Crippen LogP contribution in [-0.2, 0) is 11.3 Å². The lowest BCUT2D eigenvalue weighted by Gasteiger charge is -2.34. The average molecular weight is 412 g/mol. The molecule has 0 radical (unpaired) electrons. The van der Waals surface area contributed by atoms with Crippen LogP contribution < -0.4 is 10.6 Å². The maximum atomic E-state index is 12.3. The zero-order chi connectivity index (χ0) is 20.6. The van der Waals surface area contributed by atoms with Gasteiger partial charge in [-0.05, 0) is 63.8 Å². The van der Waals surface area contributed by atoms with Crippen molar-refractivity contribution in [2.75, 3.05) is 37.4 Å². The van der Waals surface area contributed by atoms with Crippen LogP contribution in [-0.4, -0.2) is 59.9 Å². The third kappa shape index (κ3) is 8.25. The standard InChI is InChI=1S/C21H34ClN3O3/c1-21(2,3)28-20(27)25-10-4-5-17(15-25)13-23-12-16-6-8-18(9-7-16)24-14-19(26)11-22/h6-9,17,19,23-24,26H,4-5,10-15H2,1-3H3. The molecule has 0 aliphatic carbocycles. The molecular formula is C21H34ClN3O3. The summed E-state index contributed by atoms with van der Waals surface area (Å²) in [5.74, 6) is 0.667. The monoisotopic (exact) mass is 411 g/mol. The highest BCUT2D eigenvalue weighted by molar-refractivity contribution is 6.18. The molecule has 158 valence electrons. The maximum absolute atomic E-state index is 12.3. The number of anilines is 1. The molecule has 0 bridgehead atoms. The molecule has 3 N–H and O–H groups in total. The van der Waals surface area contributed by atoms with Crippen molar-refractivity contribution < 1.29 is 14.6 Å². The second kappa shape index (κ2) is 10.9. The van der Waals surface area contributed by atoms with Crippen molar-refractivity contribution >= 4 is 23.4 Å². The first-order chi connectivity index (χ1) is 13.3. The Bertz CT molecular complexity index is 604. The molecule has 0 saturated carbocycles. The number of hydrogen-bond acceptors (Lipinski definition) is 5. The van der Waals surface area contributed by atoms with Gasteiger partial charge in [0.15, 0.2) is 0 Å². The molecule has 1 saturated heterocycles. The number of nitrogens with one attached hydrogen (secondary N) is 2. The summed E-state index contributed by atoms with van der Waals surface area (Å²) in [6.45, 7) is 9.32. The van der Waals surface area contributed by atoms with E-state index < -0.39 is 11.7 Å². The van der Waals surface area contributed by atoms with Crippen LogP contribution in [0.4, 0.5) is 10.5 Å². The molecule has 1 aromatic carbocycles. The van der Waals surface area contributed by atoms with Crippen LogP contribution in [0.5, 0.6) is 0 Å². The van der Waals surface area contributed by atoms with Gasteiger partial charge in [0.05, 0.1) is 12.0 Å². The molecule has 0 aromatic heterocycles. The third-order valence-corrected chi connectivity index (χ3v) is 4.96. The third-order valence-electron chi connectivity index (χ3n) is 4.61. The Labute approximate surface area is 173 Å². The molecule has 1 aliphatic rings. The molecule has 2 atom stereocenters. The van der Waals surface area contributed by atoms with E-state index in [4.69, 9.17) is 16.3 Å². The van der Waals surface area contributed by atoms with Crippen LogP contribution in [0.25, 0.3) is 0 Å². The van der Waals surface area contributed by atoms with Gasteiger partial charge in [-0.3, -0.25) is 0 Å². The summed E-state index contributed by atoms with van der Waals surface area (Å²) < 4.78 is 5.49. The van der Waals surface area contributed by atoms with Gasteiger partial charge in [-0.15, -0.1) is 11.6 Å². The normalized spacial score (nSPS) is 18.6. The van der Waals surface area contributed by atoms with Crippen LogP contribution >= 0.6 is 11.6 Å². The molecular weight excluding hydrogens is 378 g/mol. The van der Waals surface area contributed by atoms with Gasteiger partial charge in [0, 0.05) is 31.9 Å². The number of aliphatic hydroxyl groups is 1. The second-order valence-corrected chi connectivity index (χ2v) is 8.76. The van der Waals surface area contributed by atoms with Gasteiger partial charge in [0.2, 0.25) is 0 Å². The van der Waals surface area contributed by atoms with Crippen LogP contribution in [0.15, 0.2) is 24.3 Å². The number of amides is 1. The fraction of sp³-hybridized carbons (Fsp3) is 0.667. The summed E-state index contributed by atoms with van der Waals surface area (Å²) >= 11 is 5.59. The van der Waals surface area contributed by atoms with Crippen LogP contribution in [0.1, 0.15) is 39.2 Å². The predicted octanol–water partition coefficient (Wildman–Crippen LogP) is 3.43. The van der Waals surface area contributed by atoms with E-state index in [0.717, 1.165) is 44.7 Å². The lowest BCUT2D eigenvalue weighted by Crippen LogP contribution is -2.44. The van der Waals surface area contributed by atoms with Crippen molar-refractivity contribution in [1.82, 2.24) is 10.2 Å². The van der Waals surface area contributed by atoms with Gasteiger partial charge >= 0.3 is 6.09 Å². The Balaban J connectivity index is 1.71. The molecule has 28 heavy (non-hydrogen) atoms. The number of aliphatic hydroxyl groups excluding tert-OH is 1. The van der Waals surface area contributed by atoms with Crippen LogP contribution in [0, 0.1) is 5.92 Å². The fourth-order valence-electron chi connectivity index (χ4n) is 3.18. The van der Waals surface area contributed by atoms with E-state index in [1.807, 2.05) is 37.8 Å². The summed E-state index contributed by atoms with van der Waals surface area (Å²) in [5, 5.41) is 16.1. The molecule has 7 heteroatoms. The number of likely N-dealkylation sites (tertiary alicyclic amines) is 1. The minimum atomic E-state index is -0.543. The quantitative estimate of drug-likeness (QED) is 0.571. The highest BCUT2D eigenvalue weighted by Gasteiger charge is 2.27.